The molecule has 1 unspecified atom stereocenters. The summed E-state index contributed by atoms with van der Waals surface area (Å²) in [6.07, 6.45) is 0. The van der Waals surface area contributed by atoms with Gasteiger partial charge in [-0.15, -0.1) is 0 Å². The van der Waals surface area contributed by atoms with Gasteiger partial charge in [0.2, 0.25) is 5.96 Å². The van der Waals surface area contributed by atoms with Gasteiger partial charge in [0, 0.05) is 44.9 Å². The average molecular weight is 551 g/mol. The largest absolute Gasteiger partial charge is 0.334 e. The first kappa shape index (κ1) is 23.0. The molecule has 4 nitrogen and oxygen atoms in total. The fourth-order valence-corrected chi connectivity index (χ4v) is 7.74. The van der Waals surface area contributed by atoms with E-state index in [1.54, 1.807) is 0 Å². The molecule has 0 saturated heterocycles. The lowest BCUT2D eigenvalue weighted by Gasteiger charge is -2.36. The summed E-state index contributed by atoms with van der Waals surface area (Å²) >= 11 is 0. The van der Waals surface area contributed by atoms with E-state index in [-0.39, 0.29) is 6.04 Å². The van der Waals surface area contributed by atoms with Gasteiger partial charge in [0.15, 0.2) is 0 Å². The number of hydrogen-bond acceptors (Lipinski definition) is 2. The minimum atomic E-state index is 0.0390. The summed E-state index contributed by atoms with van der Waals surface area (Å²) in [6, 6.07) is 48.3. The zero-order valence-electron chi connectivity index (χ0n) is 23.6. The maximum absolute atomic E-state index is 5.41. The fourth-order valence-electron chi connectivity index (χ4n) is 7.74. The number of aromatic nitrogens is 2. The Morgan fingerprint density at radius 2 is 1.12 bits per heavy atom. The van der Waals surface area contributed by atoms with Crippen LogP contribution in [0.5, 0.6) is 0 Å². The maximum atomic E-state index is 5.41. The van der Waals surface area contributed by atoms with E-state index >= 15 is 0 Å². The SMILES string of the molecule is CN1C(n2c3ccccc3c3cc4c5ccccc5n5c6ccccc6c(c32)c45)=Nc2ccccc2C1c1ccccc1. The second-order valence-corrected chi connectivity index (χ2v) is 11.7. The lowest BCUT2D eigenvalue weighted by atomic mass is 9.95. The molecule has 0 saturated carbocycles. The Labute approximate surface area is 247 Å². The Bertz CT molecular complexity index is 2580. The van der Waals surface area contributed by atoms with Gasteiger partial charge in [-0.3, -0.25) is 4.57 Å². The molecule has 0 bridgehead atoms. The van der Waals surface area contributed by atoms with Gasteiger partial charge in [-0.05, 0) is 35.9 Å². The van der Waals surface area contributed by atoms with E-state index < -0.39 is 0 Å². The standard InChI is InChI=1S/C39H26N4/c1-41-36(24-13-3-2-4-14-24)27-17-5-9-19-31(27)40-39(41)43-33-21-11-7-16-26(33)30-23-29-25-15-6-10-20-32(25)42-34-22-12-8-18-28(34)35(37(29)42)38(30)43/h2-23,36H,1H3. The molecule has 43 heavy (non-hydrogen) atoms. The third-order valence-corrected chi connectivity index (χ3v) is 9.47. The first-order valence-corrected chi connectivity index (χ1v) is 14.8. The molecule has 6 aromatic carbocycles. The van der Waals surface area contributed by atoms with E-state index in [4.69, 9.17) is 4.99 Å². The lowest BCUT2D eigenvalue weighted by Crippen LogP contribution is -2.38. The molecular formula is C39H26N4. The van der Waals surface area contributed by atoms with Crippen LogP contribution >= 0.6 is 0 Å². The number of benzene rings is 6. The maximum Gasteiger partial charge on any atom is 0.211 e. The van der Waals surface area contributed by atoms with E-state index in [1.165, 1.54) is 71.0 Å². The summed E-state index contributed by atoms with van der Waals surface area (Å²) in [6.45, 7) is 0. The molecule has 10 rings (SSSR count). The Hall–Kier alpha value is -5.61. The highest BCUT2D eigenvalue weighted by Gasteiger charge is 2.32. The Kier molecular flexibility index (Phi) is 4.41. The fraction of sp³-hybridized carbons (Fsp3) is 0.0513. The molecule has 0 amide bonds. The topological polar surface area (TPSA) is 24.9 Å². The van der Waals surface area contributed by atoms with Crippen molar-refractivity contribution < 1.29 is 0 Å². The molecule has 4 heteroatoms. The monoisotopic (exact) mass is 550 g/mol. The van der Waals surface area contributed by atoms with Crippen LogP contribution in [0.15, 0.2) is 138 Å². The summed E-state index contributed by atoms with van der Waals surface area (Å²) < 4.78 is 4.89. The van der Waals surface area contributed by atoms with Gasteiger partial charge in [0.25, 0.3) is 0 Å². The predicted molar refractivity (Wildman–Crippen MR) is 179 cm³/mol. The van der Waals surface area contributed by atoms with E-state index in [9.17, 15) is 0 Å². The van der Waals surface area contributed by atoms with Crippen LogP contribution in [-0.2, 0) is 0 Å². The van der Waals surface area contributed by atoms with Crippen LogP contribution in [0, 0.1) is 0 Å². The molecule has 0 fully saturated rings. The first-order chi connectivity index (χ1) is 21.3. The smallest absolute Gasteiger partial charge is 0.211 e. The van der Waals surface area contributed by atoms with E-state index in [0.29, 0.717) is 0 Å². The van der Waals surface area contributed by atoms with Crippen molar-refractivity contribution in [3.05, 3.63) is 145 Å². The van der Waals surface area contributed by atoms with Crippen molar-refractivity contribution in [1.82, 2.24) is 13.9 Å². The van der Waals surface area contributed by atoms with Crippen molar-refractivity contribution in [2.24, 2.45) is 4.99 Å². The zero-order valence-corrected chi connectivity index (χ0v) is 23.6. The van der Waals surface area contributed by atoms with Crippen molar-refractivity contribution in [2.75, 3.05) is 7.05 Å². The molecule has 0 aliphatic carbocycles. The van der Waals surface area contributed by atoms with Crippen molar-refractivity contribution in [3.8, 4) is 0 Å². The Balaban J connectivity index is 1.42. The number of fused-ring (bicyclic) bond motifs is 11. The van der Waals surface area contributed by atoms with Crippen LogP contribution in [0.25, 0.3) is 59.9 Å². The van der Waals surface area contributed by atoms with Gasteiger partial charge < -0.3 is 9.30 Å². The molecule has 1 aliphatic rings. The number of aliphatic imine (C=N–C) groups is 1. The quantitative estimate of drug-likeness (QED) is 0.200. The Morgan fingerprint density at radius 3 is 1.91 bits per heavy atom. The minimum absolute atomic E-state index is 0.0390. The average Bonchev–Trinajstić information content (AvgIpc) is 3.69. The lowest BCUT2D eigenvalue weighted by molar-refractivity contribution is 0.410. The van der Waals surface area contributed by atoms with Crippen molar-refractivity contribution in [1.29, 1.82) is 0 Å². The second kappa shape index (κ2) is 8.24. The molecule has 1 aliphatic heterocycles. The summed E-state index contributed by atoms with van der Waals surface area (Å²) in [5.41, 5.74) is 9.62. The highest BCUT2D eigenvalue weighted by molar-refractivity contribution is 6.35. The molecule has 202 valence electrons. The van der Waals surface area contributed by atoms with Gasteiger partial charge in [-0.2, -0.15) is 0 Å². The predicted octanol–water partition coefficient (Wildman–Crippen LogP) is 9.52. The second-order valence-electron chi connectivity index (χ2n) is 11.7. The molecule has 4 heterocycles. The van der Waals surface area contributed by atoms with Crippen molar-refractivity contribution in [3.63, 3.8) is 0 Å². The number of rotatable bonds is 1. The molecule has 0 N–H and O–H groups in total. The first-order valence-electron chi connectivity index (χ1n) is 14.8. The van der Waals surface area contributed by atoms with Crippen LogP contribution in [0.2, 0.25) is 0 Å². The molecule has 0 spiro atoms. The highest BCUT2D eigenvalue weighted by atomic mass is 15.3. The molecule has 0 radical (unpaired) electrons. The van der Waals surface area contributed by atoms with Crippen LogP contribution in [0.4, 0.5) is 5.69 Å². The van der Waals surface area contributed by atoms with Crippen LogP contribution < -0.4 is 0 Å². The number of hydrogen-bond donors (Lipinski definition) is 0. The summed E-state index contributed by atoms with van der Waals surface area (Å²) in [4.78, 5) is 7.77. The zero-order chi connectivity index (χ0) is 28.2. The summed E-state index contributed by atoms with van der Waals surface area (Å²) in [5.74, 6) is 0.932. The van der Waals surface area contributed by atoms with Crippen LogP contribution in [0.3, 0.4) is 0 Å². The number of para-hydroxylation sites is 4. The van der Waals surface area contributed by atoms with E-state index in [1.807, 2.05) is 0 Å². The van der Waals surface area contributed by atoms with Gasteiger partial charge in [0.1, 0.15) is 0 Å². The third-order valence-electron chi connectivity index (χ3n) is 9.47. The molecule has 1 atom stereocenters. The molecule has 9 aromatic rings. The van der Waals surface area contributed by atoms with Crippen molar-refractivity contribution >= 4 is 71.5 Å². The van der Waals surface area contributed by atoms with E-state index in [0.717, 1.165) is 11.6 Å². The summed E-state index contributed by atoms with van der Waals surface area (Å²) in [5, 5.41) is 7.62. The highest BCUT2D eigenvalue weighted by Crippen LogP contribution is 2.47. The normalized spacial score (nSPS) is 15.4. The molecular weight excluding hydrogens is 524 g/mol. The van der Waals surface area contributed by atoms with Gasteiger partial charge in [0.05, 0.1) is 39.3 Å². The summed E-state index contributed by atoms with van der Waals surface area (Å²) in [7, 11) is 2.19. The van der Waals surface area contributed by atoms with Gasteiger partial charge in [-0.1, -0.05) is 103 Å². The van der Waals surface area contributed by atoms with Crippen molar-refractivity contribution in [2.45, 2.75) is 6.04 Å². The van der Waals surface area contributed by atoms with Crippen LogP contribution in [0.1, 0.15) is 17.2 Å². The van der Waals surface area contributed by atoms with Gasteiger partial charge in [-0.25, -0.2) is 4.99 Å². The van der Waals surface area contributed by atoms with Gasteiger partial charge >= 0.3 is 0 Å². The Morgan fingerprint density at radius 1 is 0.535 bits per heavy atom. The number of nitrogens with zero attached hydrogens (tertiary/aromatic N) is 4. The van der Waals surface area contributed by atoms with Crippen LogP contribution in [-0.4, -0.2) is 26.9 Å². The van der Waals surface area contributed by atoms with E-state index in [2.05, 4.69) is 154 Å². The molecule has 3 aromatic heterocycles. The minimum Gasteiger partial charge on any atom is -0.334 e. The third kappa shape index (κ3) is 2.87.